The Morgan fingerprint density at radius 2 is 2.42 bits per heavy atom. The van der Waals surface area contributed by atoms with Gasteiger partial charge in [-0.1, -0.05) is 11.6 Å². The second kappa shape index (κ2) is 3.40. The van der Waals surface area contributed by atoms with Crippen molar-refractivity contribution in [3.63, 3.8) is 0 Å². The van der Waals surface area contributed by atoms with Crippen molar-refractivity contribution in [2.45, 2.75) is 0 Å². The molecule has 0 atom stereocenters. The zero-order valence-corrected chi connectivity index (χ0v) is 7.01. The average molecular weight is 188 g/mol. The van der Waals surface area contributed by atoms with Crippen molar-refractivity contribution in [3.05, 3.63) is 22.5 Å². The van der Waals surface area contributed by atoms with Crippen LogP contribution in [-0.4, -0.2) is 24.3 Å². The molecule has 0 aliphatic heterocycles. The highest BCUT2D eigenvalue weighted by Crippen LogP contribution is 2.16. The van der Waals surface area contributed by atoms with E-state index in [0.29, 0.717) is 6.29 Å². The van der Waals surface area contributed by atoms with E-state index in [4.69, 9.17) is 11.6 Å². The molecule has 0 amide bonds. The van der Waals surface area contributed by atoms with Crippen LogP contribution in [0.2, 0.25) is 5.02 Å². The molecule has 1 N–H and O–H groups in total. The van der Waals surface area contributed by atoms with Crippen LogP contribution in [0.15, 0.2) is 6.07 Å². The van der Waals surface area contributed by atoms with E-state index in [1.54, 1.807) is 0 Å². The molecular formula is C7H6ClNO3. The summed E-state index contributed by atoms with van der Waals surface area (Å²) in [6, 6.07) is 1.36. The molecule has 1 heterocycles. The van der Waals surface area contributed by atoms with Crippen LogP contribution in [0.25, 0.3) is 0 Å². The molecule has 0 aliphatic rings. The number of aromatic nitrogens is 1. The highest BCUT2D eigenvalue weighted by Gasteiger charge is 2.13. The lowest BCUT2D eigenvalue weighted by atomic mass is 10.4. The number of nitrogens with one attached hydrogen (secondary N) is 1. The van der Waals surface area contributed by atoms with Crippen molar-refractivity contribution in [3.8, 4) is 0 Å². The second-order valence-electron chi connectivity index (χ2n) is 2.06. The number of rotatable bonds is 2. The van der Waals surface area contributed by atoms with Gasteiger partial charge in [-0.25, -0.2) is 4.79 Å². The van der Waals surface area contributed by atoms with E-state index in [1.165, 1.54) is 13.2 Å². The van der Waals surface area contributed by atoms with Gasteiger partial charge in [-0.3, -0.25) is 4.79 Å². The van der Waals surface area contributed by atoms with Gasteiger partial charge >= 0.3 is 5.97 Å². The third kappa shape index (κ3) is 1.48. The smallest absolute Gasteiger partial charge is 0.356 e. The summed E-state index contributed by atoms with van der Waals surface area (Å²) in [6.45, 7) is 0. The summed E-state index contributed by atoms with van der Waals surface area (Å²) in [5, 5.41) is 0.184. The van der Waals surface area contributed by atoms with E-state index in [2.05, 4.69) is 9.72 Å². The van der Waals surface area contributed by atoms with Gasteiger partial charge in [-0.2, -0.15) is 0 Å². The minimum Gasteiger partial charge on any atom is -0.464 e. The van der Waals surface area contributed by atoms with Gasteiger partial charge in [-0.15, -0.1) is 0 Å². The number of aldehydes is 1. The number of aromatic amines is 1. The van der Waals surface area contributed by atoms with Gasteiger partial charge in [0, 0.05) is 0 Å². The quantitative estimate of drug-likeness (QED) is 0.560. The van der Waals surface area contributed by atoms with E-state index in [-0.39, 0.29) is 16.4 Å². The van der Waals surface area contributed by atoms with Crippen molar-refractivity contribution in [1.29, 1.82) is 0 Å². The first-order valence-electron chi connectivity index (χ1n) is 3.11. The van der Waals surface area contributed by atoms with Crippen LogP contribution in [0.3, 0.4) is 0 Å². The molecule has 5 heteroatoms. The summed E-state index contributed by atoms with van der Waals surface area (Å²) >= 11 is 5.61. The second-order valence-corrected chi connectivity index (χ2v) is 2.46. The predicted octanol–water partition coefficient (Wildman–Crippen LogP) is 1.27. The van der Waals surface area contributed by atoms with Gasteiger partial charge in [0.1, 0.15) is 5.69 Å². The molecule has 1 aromatic heterocycles. The third-order valence-corrected chi connectivity index (χ3v) is 1.60. The predicted molar refractivity (Wildman–Crippen MR) is 42.5 cm³/mol. The van der Waals surface area contributed by atoms with Crippen molar-refractivity contribution in [1.82, 2.24) is 4.98 Å². The molecule has 12 heavy (non-hydrogen) atoms. The topological polar surface area (TPSA) is 59.2 Å². The number of halogens is 1. The first-order chi connectivity index (χ1) is 5.69. The monoisotopic (exact) mass is 187 g/mol. The van der Waals surface area contributed by atoms with Crippen molar-refractivity contribution in [2.75, 3.05) is 7.11 Å². The highest BCUT2D eigenvalue weighted by atomic mass is 35.5. The molecule has 0 radical (unpaired) electrons. The lowest BCUT2D eigenvalue weighted by Gasteiger charge is -1.94. The number of H-pyrrole nitrogens is 1. The Kier molecular flexibility index (Phi) is 2.50. The summed E-state index contributed by atoms with van der Waals surface area (Å²) in [6.07, 6.45) is 0.568. The molecule has 0 unspecified atom stereocenters. The minimum atomic E-state index is -0.590. The fraction of sp³-hybridized carbons (Fsp3) is 0.143. The molecule has 0 spiro atoms. The molecule has 0 fully saturated rings. The lowest BCUT2D eigenvalue weighted by Crippen LogP contribution is -2.02. The Labute approximate surface area is 73.5 Å². The first kappa shape index (κ1) is 8.80. The number of carbonyl (C=O) groups is 2. The maximum Gasteiger partial charge on any atom is 0.356 e. The van der Waals surface area contributed by atoms with Crippen LogP contribution in [0.1, 0.15) is 21.0 Å². The van der Waals surface area contributed by atoms with E-state index < -0.39 is 5.97 Å². The highest BCUT2D eigenvalue weighted by molar-refractivity contribution is 6.33. The minimum absolute atomic E-state index is 0.0984. The average Bonchev–Trinajstić information content (AvgIpc) is 2.45. The maximum absolute atomic E-state index is 10.9. The standard InChI is InChI=1S/C7H6ClNO3/c1-12-7(11)6-5(8)2-4(3-10)9-6/h2-3,9H,1H3. The number of ether oxygens (including phenoxy) is 1. The molecule has 0 saturated heterocycles. The van der Waals surface area contributed by atoms with Gasteiger partial charge in [0.2, 0.25) is 0 Å². The Morgan fingerprint density at radius 1 is 1.75 bits per heavy atom. The summed E-state index contributed by atoms with van der Waals surface area (Å²) in [4.78, 5) is 23.7. The summed E-state index contributed by atoms with van der Waals surface area (Å²) in [5.41, 5.74) is 0.349. The first-order valence-corrected chi connectivity index (χ1v) is 3.49. The molecule has 0 aromatic carbocycles. The number of hydrogen-bond donors (Lipinski definition) is 1. The molecule has 64 valence electrons. The third-order valence-electron chi connectivity index (χ3n) is 1.31. The van der Waals surface area contributed by atoms with E-state index in [0.717, 1.165) is 0 Å². The molecule has 0 bridgehead atoms. The lowest BCUT2D eigenvalue weighted by molar-refractivity contribution is 0.0595. The summed E-state index contributed by atoms with van der Waals surface area (Å²) < 4.78 is 4.40. The van der Waals surface area contributed by atoms with Crippen LogP contribution in [-0.2, 0) is 4.74 Å². The molecule has 1 rings (SSSR count). The number of esters is 1. The molecule has 4 nitrogen and oxygen atoms in total. The van der Waals surface area contributed by atoms with Crippen LogP contribution >= 0.6 is 11.6 Å². The Hall–Kier alpha value is -1.29. The van der Waals surface area contributed by atoms with Crippen molar-refractivity contribution >= 4 is 23.9 Å². The number of hydrogen-bond acceptors (Lipinski definition) is 3. The van der Waals surface area contributed by atoms with E-state index in [1.807, 2.05) is 0 Å². The van der Waals surface area contributed by atoms with E-state index >= 15 is 0 Å². The van der Waals surface area contributed by atoms with Gasteiger partial charge in [0.25, 0.3) is 0 Å². The van der Waals surface area contributed by atoms with Crippen LogP contribution in [0.4, 0.5) is 0 Å². The fourth-order valence-electron chi connectivity index (χ4n) is 0.763. The number of methoxy groups -OCH3 is 1. The maximum atomic E-state index is 10.9. The van der Waals surface area contributed by atoms with Gasteiger partial charge in [-0.05, 0) is 6.07 Å². The van der Waals surface area contributed by atoms with Crippen molar-refractivity contribution in [2.24, 2.45) is 0 Å². The molecular weight excluding hydrogens is 182 g/mol. The summed E-state index contributed by atoms with van der Waals surface area (Å²) in [7, 11) is 1.24. The zero-order chi connectivity index (χ0) is 9.14. The van der Waals surface area contributed by atoms with Crippen LogP contribution in [0.5, 0.6) is 0 Å². The fourth-order valence-corrected chi connectivity index (χ4v) is 1.00. The Morgan fingerprint density at radius 3 is 2.83 bits per heavy atom. The van der Waals surface area contributed by atoms with Crippen molar-refractivity contribution < 1.29 is 14.3 Å². The zero-order valence-electron chi connectivity index (χ0n) is 6.26. The molecule has 0 saturated carbocycles. The van der Waals surface area contributed by atoms with Crippen LogP contribution < -0.4 is 0 Å². The molecule has 0 aliphatic carbocycles. The Bertz CT molecular complexity index is 318. The normalized spacial score (nSPS) is 9.50. The summed E-state index contributed by atoms with van der Waals surface area (Å²) in [5.74, 6) is -0.590. The number of carbonyl (C=O) groups excluding carboxylic acids is 2. The van der Waals surface area contributed by atoms with Gasteiger partial charge < -0.3 is 9.72 Å². The van der Waals surface area contributed by atoms with Crippen LogP contribution in [0, 0.1) is 0 Å². The Balaban J connectivity index is 3.07. The largest absolute Gasteiger partial charge is 0.464 e. The molecule has 1 aromatic rings. The SMILES string of the molecule is COC(=O)c1[nH]c(C=O)cc1Cl. The van der Waals surface area contributed by atoms with E-state index in [9.17, 15) is 9.59 Å². The van der Waals surface area contributed by atoms with Gasteiger partial charge in [0.05, 0.1) is 17.8 Å². The van der Waals surface area contributed by atoms with Gasteiger partial charge in [0.15, 0.2) is 6.29 Å².